The first-order valence-electron chi connectivity index (χ1n) is 2.45. The first-order chi connectivity index (χ1) is 5.52. The summed E-state index contributed by atoms with van der Waals surface area (Å²) in [6, 6.07) is 0. The van der Waals surface area contributed by atoms with Crippen molar-refractivity contribution in [2.45, 2.75) is 5.51 Å². The molecule has 0 aromatic rings. The second-order valence-corrected chi connectivity index (χ2v) is 5.05. The molecule has 0 saturated heterocycles. The minimum atomic E-state index is -6.00. The summed E-state index contributed by atoms with van der Waals surface area (Å²) in [5, 5.41) is -0.00368. The molecule has 0 spiro atoms. The van der Waals surface area contributed by atoms with Crippen LogP contribution in [0.2, 0.25) is 0 Å². The van der Waals surface area contributed by atoms with E-state index < -0.39 is 25.6 Å². The number of hydrogen-bond donors (Lipinski definition) is 0. The van der Waals surface area contributed by atoms with Gasteiger partial charge in [-0.25, -0.2) is 16.8 Å². The normalized spacial score (nSPS) is 13.1. The van der Waals surface area contributed by atoms with Crippen LogP contribution in [0.25, 0.3) is 4.13 Å². The minimum absolute atomic E-state index is 0. The molecule has 0 aromatic heterocycles. The molecule has 0 aliphatic rings. The molecule has 0 fully saturated rings. The summed E-state index contributed by atoms with van der Waals surface area (Å²) in [7, 11) is -10.8. The van der Waals surface area contributed by atoms with Crippen LogP contribution in [0.15, 0.2) is 12.0 Å². The predicted octanol–water partition coefficient (Wildman–Crippen LogP) is -2.31. The van der Waals surface area contributed by atoms with Gasteiger partial charge in [0.1, 0.15) is 10.0 Å². The maximum absolute atomic E-state index is 11.5. The smallest absolute Gasteiger partial charge is 0.425 e. The largest absolute Gasteiger partial charge is 1.00 e. The molecule has 0 aliphatic carbocycles. The minimum Gasteiger partial charge on any atom is -0.425 e. The van der Waals surface area contributed by atoms with Crippen LogP contribution in [0.1, 0.15) is 0 Å². The Kier molecular flexibility index (Phi) is 5.48. The summed E-state index contributed by atoms with van der Waals surface area (Å²) in [4.78, 5) is 0. The third kappa shape index (κ3) is 4.47. The Balaban J connectivity index is 0. The molecule has 5 nitrogen and oxygen atoms in total. The summed E-state index contributed by atoms with van der Waals surface area (Å²) in [5.41, 5.74) is -5.72. The fraction of sp³-hybridized carbons (Fsp3) is 0.333. The summed E-state index contributed by atoms with van der Waals surface area (Å²) in [6.45, 7) is 2.59. The Morgan fingerprint density at radius 3 is 1.71 bits per heavy atom. The van der Waals surface area contributed by atoms with Gasteiger partial charge in [-0.15, -0.1) is 0 Å². The Labute approximate surface area is 90.6 Å². The SMILES string of the molecule is C=CS(=O)(=O)[N-]S(=O)(=O)C(F)(F)F.[Li+]. The predicted molar refractivity (Wildman–Crippen MR) is 37.5 cm³/mol. The van der Waals surface area contributed by atoms with E-state index in [1.54, 1.807) is 4.13 Å². The van der Waals surface area contributed by atoms with E-state index in [9.17, 15) is 30.0 Å². The van der Waals surface area contributed by atoms with E-state index >= 15 is 0 Å². The van der Waals surface area contributed by atoms with Gasteiger partial charge < -0.3 is 4.13 Å². The number of hydrogen-bond acceptors (Lipinski definition) is 4. The summed E-state index contributed by atoms with van der Waals surface area (Å²) in [5.74, 6) is 0. The van der Waals surface area contributed by atoms with Gasteiger partial charge in [0, 0.05) is 5.41 Å². The maximum Gasteiger partial charge on any atom is 1.00 e. The third-order valence-electron chi connectivity index (χ3n) is 0.705. The molecule has 78 valence electrons. The first kappa shape index (κ1) is 16.4. The Morgan fingerprint density at radius 2 is 1.50 bits per heavy atom. The van der Waals surface area contributed by atoms with Crippen molar-refractivity contribution in [2.75, 3.05) is 0 Å². The second-order valence-electron chi connectivity index (χ2n) is 1.68. The van der Waals surface area contributed by atoms with Crippen molar-refractivity contribution in [1.82, 2.24) is 0 Å². The van der Waals surface area contributed by atoms with Crippen LogP contribution in [0.3, 0.4) is 0 Å². The average molecular weight is 245 g/mol. The van der Waals surface area contributed by atoms with Gasteiger partial charge in [0.2, 0.25) is 0 Å². The fourth-order valence-corrected chi connectivity index (χ4v) is 1.89. The molecule has 0 atom stereocenters. The molecule has 0 rings (SSSR count). The number of rotatable bonds is 3. The monoisotopic (exact) mass is 245 g/mol. The number of nitrogens with zero attached hydrogens (tertiary/aromatic N) is 1. The molecule has 0 aliphatic heterocycles. The van der Waals surface area contributed by atoms with E-state index in [0.717, 1.165) is 0 Å². The Bertz CT molecular complexity index is 396. The molecule has 0 saturated carbocycles. The third-order valence-corrected chi connectivity index (χ3v) is 3.33. The average Bonchev–Trinajstić information content (AvgIpc) is 1.83. The van der Waals surface area contributed by atoms with Gasteiger partial charge in [-0.1, -0.05) is 6.58 Å². The van der Waals surface area contributed by atoms with Crippen LogP contribution in [0.5, 0.6) is 0 Å². The first-order valence-corrected chi connectivity index (χ1v) is 5.39. The standard InChI is InChI=1S/C3H3F3NO4S2.Li/c1-2-12(8,9)7-13(10,11)3(4,5)6;/h2H,1H2;/q-1;+1. The molecule has 0 unspecified atom stereocenters. The van der Waals surface area contributed by atoms with Gasteiger partial charge >= 0.3 is 24.4 Å². The van der Waals surface area contributed by atoms with Gasteiger partial charge in [0.05, 0.1) is 0 Å². The molecule has 0 heterocycles. The summed E-state index contributed by atoms with van der Waals surface area (Å²) < 4.78 is 77.0. The second kappa shape index (κ2) is 4.67. The molecule has 14 heavy (non-hydrogen) atoms. The van der Waals surface area contributed by atoms with E-state index in [2.05, 4.69) is 6.58 Å². The zero-order chi connectivity index (χ0) is 10.9. The Hall–Kier alpha value is -0.0126. The number of sulfonamides is 2. The van der Waals surface area contributed by atoms with Crippen LogP contribution in [-0.2, 0) is 20.0 Å². The van der Waals surface area contributed by atoms with Crippen molar-refractivity contribution < 1.29 is 48.9 Å². The van der Waals surface area contributed by atoms with Crippen LogP contribution in [0, 0.1) is 0 Å². The van der Waals surface area contributed by atoms with Crippen molar-refractivity contribution in [1.29, 1.82) is 0 Å². The van der Waals surface area contributed by atoms with Gasteiger partial charge in [-0.2, -0.15) is 13.2 Å². The van der Waals surface area contributed by atoms with Crippen LogP contribution < -0.4 is 18.9 Å². The molecular weight excluding hydrogens is 242 g/mol. The van der Waals surface area contributed by atoms with Crippen molar-refractivity contribution in [3.8, 4) is 0 Å². The van der Waals surface area contributed by atoms with E-state index in [-0.39, 0.29) is 24.3 Å². The molecule has 11 heteroatoms. The molecule has 0 radical (unpaired) electrons. The van der Waals surface area contributed by atoms with Gasteiger partial charge in [-0.3, -0.25) is 0 Å². The maximum atomic E-state index is 11.5. The van der Waals surface area contributed by atoms with E-state index in [1.165, 1.54) is 0 Å². The number of alkyl halides is 3. The fourth-order valence-electron chi connectivity index (χ4n) is 0.209. The van der Waals surface area contributed by atoms with Crippen molar-refractivity contribution in [2.24, 2.45) is 0 Å². The van der Waals surface area contributed by atoms with Crippen molar-refractivity contribution in [3.05, 3.63) is 16.1 Å². The van der Waals surface area contributed by atoms with Gasteiger partial charge in [-0.05, 0) is 0 Å². The number of halogens is 3. The topological polar surface area (TPSA) is 82.4 Å². The summed E-state index contributed by atoms with van der Waals surface area (Å²) in [6.07, 6.45) is 0. The Morgan fingerprint density at radius 1 is 1.14 bits per heavy atom. The zero-order valence-electron chi connectivity index (χ0n) is 6.82. The van der Waals surface area contributed by atoms with E-state index in [1.807, 2.05) is 0 Å². The van der Waals surface area contributed by atoms with Gasteiger partial charge in [0.15, 0.2) is 10.0 Å². The quantitative estimate of drug-likeness (QED) is 0.523. The van der Waals surface area contributed by atoms with Crippen molar-refractivity contribution in [3.63, 3.8) is 0 Å². The van der Waals surface area contributed by atoms with Crippen LogP contribution in [0.4, 0.5) is 13.2 Å². The molecule has 0 bridgehead atoms. The van der Waals surface area contributed by atoms with Gasteiger partial charge in [0.25, 0.3) is 0 Å². The van der Waals surface area contributed by atoms with Crippen molar-refractivity contribution >= 4 is 20.0 Å². The zero-order valence-corrected chi connectivity index (χ0v) is 8.45. The van der Waals surface area contributed by atoms with Crippen LogP contribution >= 0.6 is 0 Å². The molecule has 0 N–H and O–H groups in total. The van der Waals surface area contributed by atoms with E-state index in [0.29, 0.717) is 0 Å². The molecular formula is C3H3F3LiNO4S2. The molecule has 0 amide bonds. The summed E-state index contributed by atoms with van der Waals surface area (Å²) >= 11 is 0. The van der Waals surface area contributed by atoms with E-state index in [4.69, 9.17) is 0 Å². The molecule has 0 aromatic carbocycles. The van der Waals surface area contributed by atoms with Crippen LogP contribution in [-0.4, -0.2) is 22.3 Å².